The number of nitrogens with zero attached hydrogens (tertiary/aromatic N) is 1. The summed E-state index contributed by atoms with van der Waals surface area (Å²) in [5.74, 6) is -0.716. The molecule has 21 heavy (non-hydrogen) atoms. The van der Waals surface area contributed by atoms with Gasteiger partial charge in [-0.25, -0.2) is 0 Å². The Kier molecular flexibility index (Phi) is 18.7. The van der Waals surface area contributed by atoms with Crippen LogP contribution in [0.2, 0.25) is 0 Å². The number of hydrogen-bond acceptors (Lipinski definition) is 2. The summed E-state index contributed by atoms with van der Waals surface area (Å²) in [6.45, 7) is 13.9. The summed E-state index contributed by atoms with van der Waals surface area (Å²) < 4.78 is 0. The van der Waals surface area contributed by atoms with Crippen LogP contribution in [0, 0.1) is 6.92 Å². The molecule has 0 spiro atoms. The molecule has 0 bridgehead atoms. The highest BCUT2D eigenvalue weighted by atomic mass is 16.2. The zero-order chi connectivity index (χ0) is 17.4. The molecule has 0 heterocycles. The molecule has 4 heteroatoms. The fourth-order valence-electron chi connectivity index (χ4n) is 1.22. The Morgan fingerprint density at radius 2 is 1.33 bits per heavy atom. The zero-order valence-electron chi connectivity index (χ0n) is 14.9. The van der Waals surface area contributed by atoms with Gasteiger partial charge in [0.2, 0.25) is 5.91 Å². The van der Waals surface area contributed by atoms with Gasteiger partial charge in [-0.15, -0.1) is 0 Å². The molecule has 0 fully saturated rings. The smallest absolute Gasteiger partial charge is 0.254 e. The van der Waals surface area contributed by atoms with E-state index in [0.29, 0.717) is 5.56 Å². The molecule has 1 rings (SSSR count). The summed E-state index contributed by atoms with van der Waals surface area (Å²) in [4.78, 5) is 23.6. The maximum absolute atomic E-state index is 11.7. The molecule has 0 aliphatic carbocycles. The first-order valence-corrected chi connectivity index (χ1v) is 7.61. The molecule has 2 amide bonds. The van der Waals surface area contributed by atoms with Crippen molar-refractivity contribution in [2.45, 2.75) is 48.5 Å². The van der Waals surface area contributed by atoms with Crippen molar-refractivity contribution in [1.29, 1.82) is 0 Å². The number of carbonyl (C=O) groups excluding carboxylic acids is 2. The highest BCUT2D eigenvalue weighted by Gasteiger charge is 2.12. The van der Waals surface area contributed by atoms with Gasteiger partial charge in [-0.1, -0.05) is 59.2 Å². The molecule has 1 aromatic rings. The van der Waals surface area contributed by atoms with E-state index in [0.717, 1.165) is 5.56 Å². The summed E-state index contributed by atoms with van der Waals surface area (Å²) in [6.07, 6.45) is 0. The predicted octanol–water partition coefficient (Wildman–Crippen LogP) is 3.63. The number of nitrogens with two attached hydrogens (primary N) is 1. The Labute approximate surface area is 130 Å². The second-order valence-electron chi connectivity index (χ2n) is 3.49. The van der Waals surface area contributed by atoms with Gasteiger partial charge in [-0.3, -0.25) is 9.59 Å². The van der Waals surface area contributed by atoms with E-state index in [-0.39, 0.29) is 12.5 Å². The van der Waals surface area contributed by atoms with Crippen molar-refractivity contribution in [3.63, 3.8) is 0 Å². The lowest BCUT2D eigenvalue weighted by atomic mass is 10.1. The van der Waals surface area contributed by atoms with E-state index in [2.05, 4.69) is 0 Å². The minimum absolute atomic E-state index is 0.0628. The van der Waals surface area contributed by atoms with Gasteiger partial charge in [0.25, 0.3) is 5.91 Å². The lowest BCUT2D eigenvalue weighted by Gasteiger charge is -2.14. The van der Waals surface area contributed by atoms with Crippen LogP contribution >= 0.6 is 0 Å². The highest BCUT2D eigenvalue weighted by Crippen LogP contribution is 2.05. The molecule has 0 unspecified atom stereocenters. The first-order chi connectivity index (χ1) is 10.0. The Balaban J connectivity index is -0.000000478. The van der Waals surface area contributed by atoms with Gasteiger partial charge in [0, 0.05) is 12.6 Å². The number of likely N-dealkylation sites (N-methyl/N-ethyl adjacent to an activating group) is 1. The van der Waals surface area contributed by atoms with Crippen molar-refractivity contribution in [1.82, 2.24) is 4.90 Å². The molecule has 0 aliphatic heterocycles. The van der Waals surface area contributed by atoms with Gasteiger partial charge in [-0.05, 0) is 19.1 Å². The van der Waals surface area contributed by atoms with E-state index in [1.54, 1.807) is 19.2 Å². The molecular formula is C17H32N2O2. The van der Waals surface area contributed by atoms with E-state index < -0.39 is 5.91 Å². The lowest BCUT2D eigenvalue weighted by molar-refractivity contribution is -0.118. The van der Waals surface area contributed by atoms with Crippen LogP contribution in [0.4, 0.5) is 0 Å². The topological polar surface area (TPSA) is 63.4 Å². The van der Waals surface area contributed by atoms with E-state index in [1.807, 2.05) is 60.6 Å². The largest absolute Gasteiger partial charge is 0.368 e. The van der Waals surface area contributed by atoms with Crippen LogP contribution in [-0.2, 0) is 4.79 Å². The van der Waals surface area contributed by atoms with Gasteiger partial charge >= 0.3 is 0 Å². The standard InChI is InChI=1S/C11H14N2O2.3C2H6/c1-8-3-5-9(6-4-8)11(15)13(2)7-10(12)14;3*1-2/h3-6H,7H2,1-2H3,(H2,12,14);3*1-2H3. The van der Waals surface area contributed by atoms with E-state index in [1.165, 1.54) is 4.90 Å². The number of benzene rings is 1. The third kappa shape index (κ3) is 11.7. The Morgan fingerprint density at radius 3 is 1.67 bits per heavy atom. The Bertz CT molecular complexity index is 373. The zero-order valence-corrected chi connectivity index (χ0v) is 14.9. The number of hydrogen-bond donors (Lipinski definition) is 1. The number of amides is 2. The third-order valence-corrected chi connectivity index (χ3v) is 2.04. The van der Waals surface area contributed by atoms with Gasteiger partial charge in [-0.2, -0.15) is 0 Å². The molecule has 4 nitrogen and oxygen atoms in total. The SMILES string of the molecule is CC.CC.CC.Cc1ccc(C(=O)N(C)CC(N)=O)cc1. The molecule has 0 radical (unpaired) electrons. The Hall–Kier alpha value is -1.84. The average Bonchev–Trinajstić information content (AvgIpc) is 2.52. The van der Waals surface area contributed by atoms with Crippen LogP contribution < -0.4 is 5.73 Å². The molecule has 2 N–H and O–H groups in total. The maximum atomic E-state index is 11.7. The summed E-state index contributed by atoms with van der Waals surface area (Å²) in [6, 6.07) is 7.17. The second kappa shape index (κ2) is 16.2. The fourth-order valence-corrected chi connectivity index (χ4v) is 1.22. The van der Waals surface area contributed by atoms with Crippen LogP contribution in [0.25, 0.3) is 0 Å². The van der Waals surface area contributed by atoms with E-state index in [9.17, 15) is 9.59 Å². The third-order valence-electron chi connectivity index (χ3n) is 2.04. The van der Waals surface area contributed by atoms with Crippen LogP contribution in [0.1, 0.15) is 57.5 Å². The second-order valence-corrected chi connectivity index (χ2v) is 3.49. The van der Waals surface area contributed by atoms with Gasteiger partial charge in [0.15, 0.2) is 0 Å². The van der Waals surface area contributed by atoms with Crippen molar-refractivity contribution < 1.29 is 9.59 Å². The number of primary amides is 1. The summed E-state index contributed by atoms with van der Waals surface area (Å²) in [5.41, 5.74) is 6.65. The predicted molar refractivity (Wildman–Crippen MR) is 91.4 cm³/mol. The van der Waals surface area contributed by atoms with Crippen molar-refractivity contribution in [3.8, 4) is 0 Å². The average molecular weight is 296 g/mol. The summed E-state index contributed by atoms with van der Waals surface area (Å²) in [7, 11) is 1.55. The molecule has 0 saturated heterocycles. The Morgan fingerprint density at radius 1 is 0.952 bits per heavy atom. The first kappa shape index (κ1) is 24.2. The molecule has 0 saturated carbocycles. The molecular weight excluding hydrogens is 264 g/mol. The van der Waals surface area contributed by atoms with E-state index >= 15 is 0 Å². The van der Waals surface area contributed by atoms with Crippen LogP contribution in [-0.4, -0.2) is 30.3 Å². The lowest BCUT2D eigenvalue weighted by Crippen LogP contribution is -2.35. The van der Waals surface area contributed by atoms with Crippen LogP contribution in [0.15, 0.2) is 24.3 Å². The van der Waals surface area contributed by atoms with Crippen molar-refractivity contribution in [2.75, 3.05) is 13.6 Å². The number of aryl methyl sites for hydroxylation is 1. The normalized spacial score (nSPS) is 7.81. The minimum Gasteiger partial charge on any atom is -0.368 e. The van der Waals surface area contributed by atoms with E-state index in [4.69, 9.17) is 5.73 Å². The molecule has 0 atom stereocenters. The maximum Gasteiger partial charge on any atom is 0.254 e. The van der Waals surface area contributed by atoms with Gasteiger partial charge in [0.05, 0.1) is 6.54 Å². The quantitative estimate of drug-likeness (QED) is 0.925. The van der Waals surface area contributed by atoms with Crippen LogP contribution in [0.3, 0.4) is 0 Å². The summed E-state index contributed by atoms with van der Waals surface area (Å²) >= 11 is 0. The summed E-state index contributed by atoms with van der Waals surface area (Å²) in [5, 5.41) is 0. The highest BCUT2D eigenvalue weighted by molar-refractivity contribution is 5.96. The van der Waals surface area contributed by atoms with Gasteiger partial charge < -0.3 is 10.6 Å². The molecule has 0 aliphatic rings. The number of rotatable bonds is 3. The minimum atomic E-state index is -0.516. The van der Waals surface area contributed by atoms with Crippen molar-refractivity contribution >= 4 is 11.8 Å². The molecule has 0 aromatic heterocycles. The molecule has 122 valence electrons. The number of carbonyl (C=O) groups is 2. The van der Waals surface area contributed by atoms with Crippen LogP contribution in [0.5, 0.6) is 0 Å². The van der Waals surface area contributed by atoms with Crippen molar-refractivity contribution in [3.05, 3.63) is 35.4 Å². The monoisotopic (exact) mass is 296 g/mol. The first-order valence-electron chi connectivity index (χ1n) is 7.61. The van der Waals surface area contributed by atoms with Gasteiger partial charge in [0.1, 0.15) is 0 Å². The molecule has 1 aromatic carbocycles. The van der Waals surface area contributed by atoms with Crippen molar-refractivity contribution in [2.24, 2.45) is 5.73 Å². The fraction of sp³-hybridized carbons (Fsp3) is 0.529.